The van der Waals surface area contributed by atoms with Gasteiger partial charge in [0, 0.05) is 22.8 Å². The van der Waals surface area contributed by atoms with Crippen LogP contribution in [0.1, 0.15) is 31.7 Å². The predicted octanol–water partition coefficient (Wildman–Crippen LogP) is 3.99. The van der Waals surface area contributed by atoms with E-state index in [0.29, 0.717) is 5.92 Å². The molecular formula is C15H19ClN2. The summed E-state index contributed by atoms with van der Waals surface area (Å²) in [6.45, 7) is 2.22. The average Bonchev–Trinajstić information content (AvgIpc) is 2.41. The van der Waals surface area contributed by atoms with Gasteiger partial charge in [-0.2, -0.15) is 0 Å². The molecule has 1 aromatic heterocycles. The molecule has 1 aliphatic rings. The lowest BCUT2D eigenvalue weighted by Gasteiger charge is -2.24. The van der Waals surface area contributed by atoms with Gasteiger partial charge in [-0.25, -0.2) is 0 Å². The van der Waals surface area contributed by atoms with Crippen molar-refractivity contribution < 1.29 is 0 Å². The zero-order chi connectivity index (χ0) is 11.7. The minimum atomic E-state index is 0. The molecule has 18 heavy (non-hydrogen) atoms. The van der Waals surface area contributed by atoms with Gasteiger partial charge in [-0.05, 0) is 54.9 Å². The summed E-state index contributed by atoms with van der Waals surface area (Å²) in [7, 11) is 0. The maximum absolute atomic E-state index is 6.22. The van der Waals surface area contributed by atoms with Crippen molar-refractivity contribution in [3.63, 3.8) is 0 Å². The minimum absolute atomic E-state index is 0. The van der Waals surface area contributed by atoms with Crippen molar-refractivity contribution in [1.29, 1.82) is 0 Å². The second-order valence-corrected chi connectivity index (χ2v) is 4.99. The van der Waals surface area contributed by atoms with Gasteiger partial charge < -0.3 is 5.32 Å². The van der Waals surface area contributed by atoms with Crippen molar-refractivity contribution in [2.75, 3.05) is 13.1 Å². The van der Waals surface area contributed by atoms with Crippen LogP contribution in [0, 0.1) is 0 Å². The summed E-state index contributed by atoms with van der Waals surface area (Å²) in [4.78, 5) is 4.16. The van der Waals surface area contributed by atoms with E-state index in [1.54, 1.807) is 0 Å². The van der Waals surface area contributed by atoms with Crippen LogP contribution >= 0.6 is 11.6 Å². The van der Waals surface area contributed by atoms with Gasteiger partial charge >= 0.3 is 0 Å². The molecule has 1 saturated heterocycles. The summed E-state index contributed by atoms with van der Waals surface area (Å²) in [6.07, 6.45) is 6.13. The first-order valence-electron chi connectivity index (χ1n) is 6.09. The fraction of sp³-hybridized carbons (Fsp3) is 0.400. The number of piperidine rings is 1. The van der Waals surface area contributed by atoms with Gasteiger partial charge in [0.25, 0.3) is 0 Å². The Morgan fingerprint density at radius 1 is 1.11 bits per heavy atom. The van der Waals surface area contributed by atoms with Crippen LogP contribution in [0.3, 0.4) is 0 Å². The first kappa shape index (κ1) is 13.3. The van der Waals surface area contributed by atoms with E-state index in [1.807, 2.05) is 18.5 Å². The van der Waals surface area contributed by atoms with Crippen molar-refractivity contribution in [2.45, 2.75) is 26.2 Å². The van der Waals surface area contributed by atoms with Crippen LogP contribution < -0.4 is 5.32 Å². The topological polar surface area (TPSA) is 24.9 Å². The summed E-state index contributed by atoms with van der Waals surface area (Å²) < 4.78 is 0. The van der Waals surface area contributed by atoms with Crippen molar-refractivity contribution in [3.05, 3.63) is 41.2 Å². The quantitative estimate of drug-likeness (QED) is 0.841. The molecule has 1 fully saturated rings. The summed E-state index contributed by atoms with van der Waals surface area (Å²) in [5.41, 5.74) is 1.42. The minimum Gasteiger partial charge on any atom is -0.317 e. The lowest BCUT2D eigenvalue weighted by molar-refractivity contribution is 0.462. The lowest BCUT2D eigenvalue weighted by Crippen LogP contribution is -2.26. The molecule has 3 rings (SSSR count). The van der Waals surface area contributed by atoms with E-state index in [-0.39, 0.29) is 7.43 Å². The SMILES string of the molecule is C.Clc1ccc(C2CCNCC2)c2ccncc12. The maximum atomic E-state index is 6.22. The van der Waals surface area contributed by atoms with Gasteiger partial charge in [0.1, 0.15) is 0 Å². The summed E-state index contributed by atoms with van der Waals surface area (Å²) in [6, 6.07) is 6.27. The molecule has 0 atom stereocenters. The Morgan fingerprint density at radius 3 is 2.67 bits per heavy atom. The Balaban J connectivity index is 0.00000120. The molecule has 1 aliphatic heterocycles. The van der Waals surface area contributed by atoms with Crippen molar-refractivity contribution in [2.24, 2.45) is 0 Å². The van der Waals surface area contributed by atoms with Crippen LogP contribution in [-0.2, 0) is 0 Å². The highest BCUT2D eigenvalue weighted by Gasteiger charge is 2.17. The van der Waals surface area contributed by atoms with Crippen LogP contribution in [0.5, 0.6) is 0 Å². The van der Waals surface area contributed by atoms with E-state index in [0.717, 1.165) is 23.5 Å². The Hall–Kier alpha value is -1.12. The number of fused-ring (bicyclic) bond motifs is 1. The predicted molar refractivity (Wildman–Crippen MR) is 78.3 cm³/mol. The molecule has 2 heterocycles. The van der Waals surface area contributed by atoms with Crippen LogP contribution in [-0.4, -0.2) is 18.1 Å². The Bertz CT molecular complexity index is 533. The Labute approximate surface area is 113 Å². The number of aromatic nitrogens is 1. The Morgan fingerprint density at radius 2 is 1.89 bits per heavy atom. The third kappa shape index (κ3) is 2.36. The highest BCUT2D eigenvalue weighted by molar-refractivity contribution is 6.35. The van der Waals surface area contributed by atoms with E-state index in [2.05, 4.69) is 22.4 Å². The number of pyridine rings is 1. The zero-order valence-corrected chi connectivity index (χ0v) is 10.4. The van der Waals surface area contributed by atoms with Crippen molar-refractivity contribution >= 4 is 22.4 Å². The molecule has 96 valence electrons. The average molecular weight is 263 g/mol. The van der Waals surface area contributed by atoms with E-state index >= 15 is 0 Å². The second kappa shape index (κ2) is 5.68. The Kier molecular flexibility index (Phi) is 4.20. The zero-order valence-electron chi connectivity index (χ0n) is 9.62. The molecule has 1 aromatic carbocycles. The number of nitrogens with one attached hydrogen (secondary N) is 1. The highest BCUT2D eigenvalue weighted by Crippen LogP contribution is 2.34. The summed E-state index contributed by atoms with van der Waals surface area (Å²) >= 11 is 6.22. The second-order valence-electron chi connectivity index (χ2n) is 4.58. The standard InChI is InChI=1S/C14H15ClN2.CH4/c15-14-2-1-11(10-3-6-16-7-4-10)12-5-8-17-9-13(12)14;/h1-2,5,8-10,16H,3-4,6-7H2;1H4. The summed E-state index contributed by atoms with van der Waals surface area (Å²) in [5.74, 6) is 0.651. The van der Waals surface area contributed by atoms with Crippen LogP contribution in [0.15, 0.2) is 30.6 Å². The van der Waals surface area contributed by atoms with Gasteiger partial charge in [0.15, 0.2) is 0 Å². The molecule has 0 radical (unpaired) electrons. The fourth-order valence-electron chi connectivity index (χ4n) is 2.67. The third-order valence-electron chi connectivity index (χ3n) is 3.58. The normalized spacial score (nSPS) is 16.5. The smallest absolute Gasteiger partial charge is 0.0500 e. The van der Waals surface area contributed by atoms with Crippen molar-refractivity contribution in [1.82, 2.24) is 10.3 Å². The highest BCUT2D eigenvalue weighted by atomic mass is 35.5. The first-order valence-corrected chi connectivity index (χ1v) is 6.47. The maximum Gasteiger partial charge on any atom is 0.0500 e. The van der Waals surface area contributed by atoms with Crippen molar-refractivity contribution in [3.8, 4) is 0 Å². The molecule has 0 spiro atoms. The van der Waals surface area contributed by atoms with Gasteiger partial charge in [0.2, 0.25) is 0 Å². The van der Waals surface area contributed by atoms with Gasteiger partial charge in [0.05, 0.1) is 0 Å². The monoisotopic (exact) mass is 262 g/mol. The van der Waals surface area contributed by atoms with E-state index in [4.69, 9.17) is 11.6 Å². The van der Waals surface area contributed by atoms with Gasteiger partial charge in [-0.1, -0.05) is 25.1 Å². The molecule has 3 heteroatoms. The van der Waals surface area contributed by atoms with E-state index in [1.165, 1.54) is 23.8 Å². The molecule has 2 nitrogen and oxygen atoms in total. The number of rotatable bonds is 1. The van der Waals surface area contributed by atoms with E-state index < -0.39 is 0 Å². The van der Waals surface area contributed by atoms with Gasteiger partial charge in [-0.15, -0.1) is 0 Å². The summed E-state index contributed by atoms with van der Waals surface area (Å²) in [5, 5.41) is 6.54. The first-order chi connectivity index (χ1) is 8.36. The molecule has 0 aliphatic carbocycles. The lowest BCUT2D eigenvalue weighted by atomic mass is 9.87. The molecule has 2 aromatic rings. The number of benzene rings is 1. The molecule has 0 bridgehead atoms. The van der Waals surface area contributed by atoms with Crippen LogP contribution in [0.25, 0.3) is 10.8 Å². The number of halogens is 1. The molecule has 0 amide bonds. The number of hydrogen-bond acceptors (Lipinski definition) is 2. The fourth-order valence-corrected chi connectivity index (χ4v) is 2.88. The van der Waals surface area contributed by atoms with Gasteiger partial charge in [-0.3, -0.25) is 4.98 Å². The third-order valence-corrected chi connectivity index (χ3v) is 3.91. The van der Waals surface area contributed by atoms with Crippen LogP contribution in [0.4, 0.5) is 0 Å². The van der Waals surface area contributed by atoms with Crippen LogP contribution in [0.2, 0.25) is 5.02 Å². The van der Waals surface area contributed by atoms with E-state index in [9.17, 15) is 0 Å². The number of nitrogens with zero attached hydrogens (tertiary/aromatic N) is 1. The molecule has 0 unspecified atom stereocenters. The molecule has 1 N–H and O–H groups in total. The molecule has 0 saturated carbocycles. The largest absolute Gasteiger partial charge is 0.317 e. The molecular weight excluding hydrogens is 244 g/mol. The number of hydrogen-bond donors (Lipinski definition) is 1.